The van der Waals surface area contributed by atoms with E-state index < -0.39 is 0 Å². The van der Waals surface area contributed by atoms with E-state index in [-0.39, 0.29) is 11.6 Å². The van der Waals surface area contributed by atoms with Crippen LogP contribution >= 0.6 is 12.2 Å². The average Bonchev–Trinajstić information content (AvgIpc) is 3.18. The van der Waals surface area contributed by atoms with Crippen molar-refractivity contribution >= 4 is 40.3 Å². The van der Waals surface area contributed by atoms with E-state index in [0.29, 0.717) is 49.4 Å². The van der Waals surface area contributed by atoms with Crippen LogP contribution in [0.4, 0.5) is 0 Å². The highest BCUT2D eigenvalue weighted by Crippen LogP contribution is 2.34. The van der Waals surface area contributed by atoms with Gasteiger partial charge in [0.15, 0.2) is 17.2 Å². The molecule has 1 aliphatic carbocycles. The maximum Gasteiger partial charge on any atom is 0.201 e. The first-order valence-corrected chi connectivity index (χ1v) is 9.73. The normalized spacial score (nSPS) is 12.9. The van der Waals surface area contributed by atoms with Gasteiger partial charge in [-0.1, -0.05) is 54.6 Å². The summed E-state index contributed by atoms with van der Waals surface area (Å²) >= 11 is 5.44. The van der Waals surface area contributed by atoms with Gasteiger partial charge in [0.2, 0.25) is 4.77 Å². The summed E-state index contributed by atoms with van der Waals surface area (Å²) in [6, 6.07) is 19.9. The number of nitrogens with one attached hydrogen (secondary N) is 1. The Morgan fingerprint density at radius 3 is 2.27 bits per heavy atom. The maximum atomic E-state index is 13.4. The van der Waals surface area contributed by atoms with Crippen LogP contribution in [0.25, 0.3) is 27.9 Å². The Morgan fingerprint density at radius 2 is 1.50 bits per heavy atom. The number of benzene rings is 3. The molecule has 0 saturated carbocycles. The topological polar surface area (TPSA) is 80.1 Å². The van der Waals surface area contributed by atoms with Gasteiger partial charge in [-0.3, -0.25) is 19.1 Å². The fourth-order valence-electron chi connectivity index (χ4n) is 4.08. The second-order valence-corrected chi connectivity index (χ2v) is 7.46. The number of aromatic amines is 1. The van der Waals surface area contributed by atoms with Crippen LogP contribution in [-0.4, -0.2) is 31.1 Å². The number of nitrogens with zero attached hydrogens (tertiary/aromatic N) is 3. The van der Waals surface area contributed by atoms with Gasteiger partial charge < -0.3 is 0 Å². The highest BCUT2D eigenvalue weighted by Gasteiger charge is 2.32. The van der Waals surface area contributed by atoms with Gasteiger partial charge in [0, 0.05) is 27.6 Å². The molecule has 0 radical (unpaired) electrons. The van der Waals surface area contributed by atoms with Crippen molar-refractivity contribution < 1.29 is 9.59 Å². The predicted molar refractivity (Wildman–Crippen MR) is 114 cm³/mol. The van der Waals surface area contributed by atoms with Gasteiger partial charge >= 0.3 is 0 Å². The van der Waals surface area contributed by atoms with Gasteiger partial charge in [-0.15, -0.1) is 0 Å². The predicted octanol–water partition coefficient (Wildman–Crippen LogP) is 4.38. The minimum Gasteiger partial charge on any atom is -0.289 e. The summed E-state index contributed by atoms with van der Waals surface area (Å²) in [5, 5.41) is 7.85. The van der Waals surface area contributed by atoms with E-state index in [1.54, 1.807) is 40.8 Å². The number of rotatable bonds is 1. The largest absolute Gasteiger partial charge is 0.289 e. The quantitative estimate of drug-likeness (QED) is 0.408. The zero-order valence-corrected chi connectivity index (χ0v) is 16.2. The molecular weight excluding hydrogens is 396 g/mol. The van der Waals surface area contributed by atoms with Crippen molar-refractivity contribution in [2.75, 3.05) is 0 Å². The molecule has 6 rings (SSSR count). The lowest BCUT2D eigenvalue weighted by molar-refractivity contribution is 0.0980. The summed E-state index contributed by atoms with van der Waals surface area (Å²) in [4.78, 5) is 31.3. The first kappa shape index (κ1) is 16.9. The fraction of sp³-hybridized carbons (Fsp3) is 0. The van der Waals surface area contributed by atoms with E-state index in [1.165, 1.54) is 0 Å². The first-order valence-electron chi connectivity index (χ1n) is 9.33. The minimum atomic E-state index is -0.212. The molecule has 2 aromatic heterocycles. The summed E-state index contributed by atoms with van der Waals surface area (Å²) < 4.78 is 2.16. The van der Waals surface area contributed by atoms with E-state index in [9.17, 15) is 9.59 Å². The summed E-state index contributed by atoms with van der Waals surface area (Å²) in [7, 11) is 0. The summed E-state index contributed by atoms with van der Waals surface area (Å²) in [5.74, 6) is 0.170. The lowest BCUT2D eigenvalue weighted by Crippen LogP contribution is -2.21. The molecule has 7 heteroatoms. The highest BCUT2D eigenvalue weighted by atomic mass is 32.1. The van der Waals surface area contributed by atoms with Crippen molar-refractivity contribution in [1.82, 2.24) is 19.6 Å². The Balaban J connectivity index is 1.78. The Kier molecular flexibility index (Phi) is 3.39. The summed E-state index contributed by atoms with van der Waals surface area (Å²) in [6.07, 6.45) is 0. The van der Waals surface area contributed by atoms with E-state index >= 15 is 0 Å². The Morgan fingerprint density at radius 1 is 0.800 bits per heavy atom. The van der Waals surface area contributed by atoms with E-state index in [2.05, 4.69) is 10.2 Å². The Labute approximate surface area is 174 Å². The second kappa shape index (κ2) is 6.01. The van der Waals surface area contributed by atoms with E-state index in [0.717, 1.165) is 5.56 Å². The third kappa shape index (κ3) is 2.15. The molecule has 0 aliphatic heterocycles. The van der Waals surface area contributed by atoms with Crippen molar-refractivity contribution in [2.24, 2.45) is 0 Å². The molecule has 1 aliphatic rings. The lowest BCUT2D eigenvalue weighted by atomic mass is 9.83. The number of aromatic nitrogens is 4. The third-order valence-corrected chi connectivity index (χ3v) is 5.71. The van der Waals surface area contributed by atoms with Gasteiger partial charge in [-0.25, -0.2) is 4.98 Å². The number of hydrogen-bond acceptors (Lipinski definition) is 5. The molecular formula is C23H12N4O2S. The van der Waals surface area contributed by atoms with Crippen LogP contribution in [0.1, 0.15) is 31.8 Å². The van der Waals surface area contributed by atoms with Crippen molar-refractivity contribution in [3.8, 4) is 11.4 Å². The van der Waals surface area contributed by atoms with E-state index in [4.69, 9.17) is 17.2 Å². The number of H-pyrrole nitrogens is 1. The first-order chi connectivity index (χ1) is 14.6. The molecule has 0 saturated heterocycles. The van der Waals surface area contributed by atoms with Crippen LogP contribution < -0.4 is 0 Å². The van der Waals surface area contributed by atoms with Crippen LogP contribution in [-0.2, 0) is 0 Å². The molecule has 0 fully saturated rings. The lowest BCUT2D eigenvalue weighted by Gasteiger charge is -2.19. The van der Waals surface area contributed by atoms with Gasteiger partial charge in [-0.2, -0.15) is 5.10 Å². The van der Waals surface area contributed by atoms with Crippen LogP contribution in [0.3, 0.4) is 0 Å². The molecule has 30 heavy (non-hydrogen) atoms. The standard InChI is InChI=1S/C23H12N4O2S/c28-19-13-8-4-5-9-14(13)20(29)17-15(19)10-11-16-18(17)24-21(12-6-2-1-3-7-12)27-22(16)25-26-23(27)30/h1-11H,(H,26,30). The molecule has 0 atom stereocenters. The summed E-state index contributed by atoms with van der Waals surface area (Å²) in [6.45, 7) is 0. The zero-order chi connectivity index (χ0) is 20.4. The number of fused-ring (bicyclic) bond motifs is 6. The van der Waals surface area contributed by atoms with Crippen LogP contribution in [0, 0.1) is 4.77 Å². The van der Waals surface area contributed by atoms with Gasteiger partial charge in [0.05, 0.1) is 11.1 Å². The van der Waals surface area contributed by atoms with Crippen molar-refractivity contribution in [1.29, 1.82) is 0 Å². The van der Waals surface area contributed by atoms with Crippen molar-refractivity contribution in [2.45, 2.75) is 0 Å². The number of hydrogen-bond donors (Lipinski definition) is 1. The van der Waals surface area contributed by atoms with Crippen LogP contribution in [0.5, 0.6) is 0 Å². The van der Waals surface area contributed by atoms with Gasteiger partial charge in [-0.05, 0) is 24.4 Å². The number of carbonyl (C=O) groups is 2. The molecule has 5 aromatic rings. The number of ketones is 2. The molecule has 0 unspecified atom stereocenters. The summed E-state index contributed by atoms with van der Waals surface area (Å²) in [5.41, 5.74) is 3.31. The monoisotopic (exact) mass is 408 g/mol. The SMILES string of the molecule is O=C1c2ccccc2C(=O)c2c1ccc1c2nc(-c2ccccc2)n2c(=S)[nH]nc12. The highest BCUT2D eigenvalue weighted by molar-refractivity contribution is 7.71. The molecule has 6 nitrogen and oxygen atoms in total. The van der Waals surface area contributed by atoms with Crippen molar-refractivity contribution in [3.63, 3.8) is 0 Å². The second-order valence-electron chi connectivity index (χ2n) is 7.08. The molecule has 0 bridgehead atoms. The van der Waals surface area contributed by atoms with Crippen LogP contribution in [0.2, 0.25) is 0 Å². The van der Waals surface area contributed by atoms with Gasteiger partial charge in [0.1, 0.15) is 5.82 Å². The molecule has 0 amide bonds. The molecule has 142 valence electrons. The average molecular weight is 408 g/mol. The minimum absolute atomic E-state index is 0.177. The smallest absolute Gasteiger partial charge is 0.201 e. The molecule has 2 heterocycles. The maximum absolute atomic E-state index is 13.4. The fourth-order valence-corrected chi connectivity index (χ4v) is 4.30. The Bertz CT molecular complexity index is 1600. The van der Waals surface area contributed by atoms with Crippen LogP contribution in [0.15, 0.2) is 66.7 Å². The zero-order valence-electron chi connectivity index (χ0n) is 15.4. The molecule has 1 N–H and O–H groups in total. The Hall–Kier alpha value is -3.97. The van der Waals surface area contributed by atoms with E-state index in [1.807, 2.05) is 30.3 Å². The van der Waals surface area contributed by atoms with Gasteiger partial charge in [0.25, 0.3) is 0 Å². The third-order valence-electron chi connectivity index (χ3n) is 5.44. The molecule has 0 spiro atoms. The number of carbonyl (C=O) groups excluding carboxylic acids is 2. The molecule has 3 aromatic carbocycles. The van der Waals surface area contributed by atoms with Crippen molar-refractivity contribution in [3.05, 3.63) is 93.8 Å².